The Morgan fingerprint density at radius 3 is 2.69 bits per heavy atom. The van der Waals surface area contributed by atoms with Crippen LogP contribution in [0.15, 0.2) is 48.7 Å². The van der Waals surface area contributed by atoms with E-state index in [0.717, 1.165) is 41.3 Å². The van der Waals surface area contributed by atoms with Crippen LogP contribution in [0.2, 0.25) is 0 Å². The van der Waals surface area contributed by atoms with E-state index >= 15 is 0 Å². The molecule has 0 bridgehead atoms. The first kappa shape index (κ1) is 16.5. The van der Waals surface area contributed by atoms with Crippen LogP contribution < -0.4 is 4.90 Å². The summed E-state index contributed by atoms with van der Waals surface area (Å²) in [6.07, 6.45) is 3.58. The van der Waals surface area contributed by atoms with E-state index in [0.29, 0.717) is 12.1 Å². The smallest absolute Gasteiger partial charge is 0.260 e. The highest BCUT2D eigenvalue weighted by Crippen LogP contribution is 2.29. The van der Waals surface area contributed by atoms with Crippen molar-refractivity contribution < 1.29 is 9.18 Å². The minimum Gasteiger partial charge on any atom is -0.318 e. The molecule has 0 unspecified atom stereocenters. The monoisotopic (exact) mass is 349 g/mol. The highest BCUT2D eigenvalue weighted by molar-refractivity contribution is 6.07. The number of rotatable bonds is 2. The number of carbonyl (C=O) groups is 1. The summed E-state index contributed by atoms with van der Waals surface area (Å²) in [6.45, 7) is 4.58. The molecule has 3 aromatic rings. The third-order valence-corrected chi connectivity index (χ3v) is 4.94. The van der Waals surface area contributed by atoms with E-state index in [4.69, 9.17) is 0 Å². The molecule has 0 radical (unpaired) electrons. The van der Waals surface area contributed by atoms with Gasteiger partial charge < -0.3 is 9.47 Å². The van der Waals surface area contributed by atoms with Gasteiger partial charge in [0.25, 0.3) is 5.91 Å². The van der Waals surface area contributed by atoms with Crippen molar-refractivity contribution in [2.75, 3.05) is 11.4 Å². The summed E-state index contributed by atoms with van der Waals surface area (Å²) in [6, 6.07) is 12.0. The van der Waals surface area contributed by atoms with Gasteiger partial charge in [-0.3, -0.25) is 9.78 Å². The van der Waals surface area contributed by atoms with Crippen molar-refractivity contribution in [1.82, 2.24) is 9.55 Å². The summed E-state index contributed by atoms with van der Waals surface area (Å²) < 4.78 is 15.2. The quantitative estimate of drug-likeness (QED) is 0.695. The fraction of sp³-hybridized carbons (Fsp3) is 0.238. The number of aromatic nitrogens is 2. The summed E-state index contributed by atoms with van der Waals surface area (Å²) in [5, 5.41) is 0. The first-order chi connectivity index (χ1) is 12.6. The van der Waals surface area contributed by atoms with Gasteiger partial charge in [0.1, 0.15) is 5.82 Å². The number of amides is 1. The van der Waals surface area contributed by atoms with Crippen LogP contribution >= 0.6 is 0 Å². The lowest BCUT2D eigenvalue weighted by Gasteiger charge is -2.28. The second kappa shape index (κ2) is 6.41. The van der Waals surface area contributed by atoms with E-state index < -0.39 is 0 Å². The van der Waals surface area contributed by atoms with Gasteiger partial charge in [-0.15, -0.1) is 0 Å². The zero-order valence-corrected chi connectivity index (χ0v) is 14.9. The Labute approximate surface area is 151 Å². The highest BCUT2D eigenvalue weighted by atomic mass is 19.1. The van der Waals surface area contributed by atoms with Crippen LogP contribution in [-0.4, -0.2) is 22.0 Å². The average Bonchev–Trinajstić information content (AvgIpc) is 2.96. The van der Waals surface area contributed by atoms with Crippen molar-refractivity contribution >= 4 is 11.6 Å². The molecule has 0 aliphatic carbocycles. The molecule has 26 heavy (non-hydrogen) atoms. The SMILES string of the molecule is Cc1cc(C(=O)N2CCCc3ncccc32)c(C)n1-c1ccc(F)cc1. The Morgan fingerprint density at radius 1 is 1.15 bits per heavy atom. The van der Waals surface area contributed by atoms with E-state index in [1.807, 2.05) is 41.5 Å². The number of fused-ring (bicyclic) bond motifs is 1. The molecule has 0 spiro atoms. The fourth-order valence-corrected chi connectivity index (χ4v) is 3.72. The zero-order valence-electron chi connectivity index (χ0n) is 14.9. The van der Waals surface area contributed by atoms with Gasteiger partial charge in [0, 0.05) is 29.8 Å². The Hall–Kier alpha value is -2.95. The molecular formula is C21H20FN3O. The predicted molar refractivity (Wildman–Crippen MR) is 99.4 cm³/mol. The highest BCUT2D eigenvalue weighted by Gasteiger charge is 2.27. The summed E-state index contributed by atoms with van der Waals surface area (Å²) in [5.41, 5.74) is 5.19. The Kier molecular flexibility index (Phi) is 4.07. The molecule has 1 aliphatic rings. The maximum atomic E-state index is 13.3. The lowest BCUT2D eigenvalue weighted by Crippen LogP contribution is -2.36. The van der Waals surface area contributed by atoms with Gasteiger partial charge in [0.05, 0.1) is 16.9 Å². The van der Waals surface area contributed by atoms with Crippen molar-refractivity contribution in [2.45, 2.75) is 26.7 Å². The topological polar surface area (TPSA) is 38.1 Å². The van der Waals surface area contributed by atoms with Crippen LogP contribution in [0, 0.1) is 19.7 Å². The maximum absolute atomic E-state index is 13.3. The Morgan fingerprint density at radius 2 is 1.92 bits per heavy atom. The molecule has 0 saturated heterocycles. The normalized spacial score (nSPS) is 13.6. The van der Waals surface area contributed by atoms with Crippen LogP contribution in [-0.2, 0) is 6.42 Å². The van der Waals surface area contributed by atoms with Gasteiger partial charge >= 0.3 is 0 Å². The minimum absolute atomic E-state index is 0.0135. The number of carbonyl (C=O) groups excluding carboxylic acids is 1. The molecule has 4 nitrogen and oxygen atoms in total. The van der Waals surface area contributed by atoms with Crippen molar-refractivity contribution in [2.24, 2.45) is 0 Å². The third-order valence-electron chi connectivity index (χ3n) is 4.94. The number of hydrogen-bond acceptors (Lipinski definition) is 2. The second-order valence-electron chi connectivity index (χ2n) is 6.63. The molecule has 1 amide bonds. The molecule has 0 N–H and O–H groups in total. The van der Waals surface area contributed by atoms with E-state index in [1.54, 1.807) is 18.3 Å². The van der Waals surface area contributed by atoms with Gasteiger partial charge in [-0.05, 0) is 69.2 Å². The Bertz CT molecular complexity index is 975. The van der Waals surface area contributed by atoms with Crippen molar-refractivity contribution in [1.29, 1.82) is 0 Å². The lowest BCUT2D eigenvalue weighted by molar-refractivity contribution is 0.0984. The molecular weight excluding hydrogens is 329 g/mol. The number of benzene rings is 1. The van der Waals surface area contributed by atoms with Crippen LogP contribution in [0.5, 0.6) is 0 Å². The number of hydrogen-bond donors (Lipinski definition) is 0. The lowest BCUT2D eigenvalue weighted by atomic mass is 10.1. The van der Waals surface area contributed by atoms with Crippen LogP contribution in [0.25, 0.3) is 5.69 Å². The third kappa shape index (κ3) is 2.69. The maximum Gasteiger partial charge on any atom is 0.260 e. The molecule has 2 aromatic heterocycles. The van der Waals surface area contributed by atoms with Crippen LogP contribution in [0.4, 0.5) is 10.1 Å². The summed E-state index contributed by atoms with van der Waals surface area (Å²) in [5.74, 6) is -0.287. The molecule has 5 heteroatoms. The van der Waals surface area contributed by atoms with Gasteiger partial charge in [-0.1, -0.05) is 0 Å². The molecule has 1 aliphatic heterocycles. The number of pyridine rings is 1. The molecule has 0 atom stereocenters. The fourth-order valence-electron chi connectivity index (χ4n) is 3.72. The molecule has 132 valence electrons. The second-order valence-corrected chi connectivity index (χ2v) is 6.63. The van der Waals surface area contributed by atoms with E-state index in [1.165, 1.54) is 12.1 Å². The molecule has 4 rings (SSSR count). The van der Waals surface area contributed by atoms with Crippen LogP contribution in [0.1, 0.15) is 33.9 Å². The molecule has 3 heterocycles. The van der Waals surface area contributed by atoms with Crippen molar-refractivity contribution in [3.05, 3.63) is 77.1 Å². The van der Waals surface area contributed by atoms with Gasteiger partial charge in [-0.2, -0.15) is 0 Å². The summed E-state index contributed by atoms with van der Waals surface area (Å²) in [4.78, 5) is 19.5. The van der Waals surface area contributed by atoms with Crippen LogP contribution in [0.3, 0.4) is 0 Å². The molecule has 0 saturated carbocycles. The van der Waals surface area contributed by atoms with E-state index in [9.17, 15) is 9.18 Å². The van der Waals surface area contributed by atoms with E-state index in [2.05, 4.69) is 4.98 Å². The van der Waals surface area contributed by atoms with Gasteiger partial charge in [0.15, 0.2) is 0 Å². The number of aryl methyl sites for hydroxylation is 2. The first-order valence-electron chi connectivity index (χ1n) is 8.77. The van der Waals surface area contributed by atoms with Gasteiger partial charge in [0.2, 0.25) is 0 Å². The molecule has 1 aromatic carbocycles. The van der Waals surface area contributed by atoms with Gasteiger partial charge in [-0.25, -0.2) is 4.39 Å². The Balaban J connectivity index is 1.75. The standard InChI is InChI=1S/C21H20FN3O/c1-14-13-18(15(2)25(14)17-9-7-16(22)8-10-17)21(26)24-12-4-5-19-20(24)6-3-11-23-19/h3,6-11,13H,4-5,12H2,1-2H3. The van der Waals surface area contributed by atoms with E-state index in [-0.39, 0.29) is 11.7 Å². The minimum atomic E-state index is -0.273. The molecule has 0 fully saturated rings. The predicted octanol–water partition coefficient (Wildman–Crippen LogP) is 4.22. The number of nitrogens with zero attached hydrogens (tertiary/aromatic N) is 3. The van der Waals surface area contributed by atoms with Crippen molar-refractivity contribution in [3.63, 3.8) is 0 Å². The number of halogens is 1. The number of anilines is 1. The first-order valence-corrected chi connectivity index (χ1v) is 8.77. The average molecular weight is 349 g/mol. The zero-order chi connectivity index (χ0) is 18.3. The summed E-state index contributed by atoms with van der Waals surface area (Å²) >= 11 is 0. The summed E-state index contributed by atoms with van der Waals surface area (Å²) in [7, 11) is 0. The van der Waals surface area contributed by atoms with Crippen molar-refractivity contribution in [3.8, 4) is 5.69 Å². The largest absolute Gasteiger partial charge is 0.318 e.